The number of anilines is 1. The van der Waals surface area contributed by atoms with Crippen LogP contribution in [-0.2, 0) is 4.79 Å². The van der Waals surface area contributed by atoms with Crippen molar-refractivity contribution in [1.82, 2.24) is 15.4 Å². The van der Waals surface area contributed by atoms with E-state index in [2.05, 4.69) is 15.4 Å². The third-order valence-corrected chi connectivity index (χ3v) is 3.40. The Balaban J connectivity index is 0.000000592. The molecule has 1 aromatic heterocycles. The fraction of sp³-hybridized carbons (Fsp3) is 0.316. The van der Waals surface area contributed by atoms with Gasteiger partial charge in [0.1, 0.15) is 11.8 Å². The minimum atomic E-state index is -5.08. The summed E-state index contributed by atoms with van der Waals surface area (Å²) in [6.07, 6.45) is -3.59. The van der Waals surface area contributed by atoms with Gasteiger partial charge in [-0.3, -0.25) is 15.2 Å². The number of aromatic nitrogens is 2. The molecule has 0 atom stereocenters. The lowest BCUT2D eigenvalue weighted by molar-refractivity contribution is -0.192. The first-order chi connectivity index (χ1) is 14.5. The average Bonchev–Trinajstić information content (AvgIpc) is 2.72. The van der Waals surface area contributed by atoms with Gasteiger partial charge in [0.05, 0.1) is 7.11 Å². The van der Waals surface area contributed by atoms with Gasteiger partial charge in [0.15, 0.2) is 5.82 Å². The number of carbonyl (C=O) groups is 2. The molecule has 0 saturated carbocycles. The molecule has 31 heavy (non-hydrogen) atoms. The number of hydrogen-bond donors (Lipinski definition) is 2. The predicted molar refractivity (Wildman–Crippen MR) is 103 cm³/mol. The van der Waals surface area contributed by atoms with E-state index in [0.717, 1.165) is 0 Å². The van der Waals surface area contributed by atoms with Gasteiger partial charge in [0.25, 0.3) is 5.91 Å². The molecule has 1 aromatic carbocycles. The van der Waals surface area contributed by atoms with E-state index in [-0.39, 0.29) is 17.6 Å². The van der Waals surface area contributed by atoms with Crippen LogP contribution in [0.25, 0.3) is 0 Å². The highest BCUT2D eigenvalue weighted by molar-refractivity contribution is 5.95. The third-order valence-electron chi connectivity index (χ3n) is 3.40. The highest BCUT2D eigenvalue weighted by Crippen LogP contribution is 2.14. The minimum absolute atomic E-state index is 0.0555. The number of ether oxygens (including phenoxy) is 1. The van der Waals surface area contributed by atoms with E-state index in [4.69, 9.17) is 19.9 Å². The zero-order valence-electron chi connectivity index (χ0n) is 16.8. The molecule has 2 aromatic rings. The lowest BCUT2D eigenvalue weighted by Gasteiger charge is -2.26. The summed E-state index contributed by atoms with van der Waals surface area (Å²) in [5.41, 5.74) is 3.32. The number of amides is 1. The molecule has 12 heteroatoms. The number of rotatable bonds is 6. The first-order valence-electron chi connectivity index (χ1n) is 8.73. The van der Waals surface area contributed by atoms with E-state index in [1.165, 1.54) is 6.20 Å². The molecule has 1 heterocycles. The normalized spacial score (nSPS) is 10.4. The fourth-order valence-corrected chi connectivity index (χ4v) is 2.04. The van der Waals surface area contributed by atoms with Gasteiger partial charge in [0.2, 0.25) is 5.82 Å². The van der Waals surface area contributed by atoms with Gasteiger partial charge < -0.3 is 9.84 Å². The van der Waals surface area contributed by atoms with E-state index in [0.29, 0.717) is 23.7 Å². The maximum absolute atomic E-state index is 12.5. The van der Waals surface area contributed by atoms with Gasteiger partial charge in [0, 0.05) is 24.4 Å². The Morgan fingerprint density at radius 3 is 2.29 bits per heavy atom. The van der Waals surface area contributed by atoms with Gasteiger partial charge in [-0.05, 0) is 30.2 Å². The van der Waals surface area contributed by atoms with Crippen molar-refractivity contribution in [3.8, 4) is 11.8 Å². The number of carbonyl (C=O) groups excluding carboxylic acids is 1. The van der Waals surface area contributed by atoms with Crippen molar-refractivity contribution in [3.05, 3.63) is 47.9 Å². The molecule has 2 N–H and O–H groups in total. The highest BCUT2D eigenvalue weighted by atomic mass is 19.4. The van der Waals surface area contributed by atoms with Crippen molar-refractivity contribution in [2.24, 2.45) is 5.92 Å². The van der Waals surface area contributed by atoms with Crippen molar-refractivity contribution >= 4 is 17.7 Å². The average molecular weight is 439 g/mol. The van der Waals surface area contributed by atoms with E-state index >= 15 is 0 Å². The molecule has 166 valence electrons. The zero-order valence-corrected chi connectivity index (χ0v) is 16.8. The van der Waals surface area contributed by atoms with Crippen LogP contribution in [0.3, 0.4) is 0 Å². The standard InChI is InChI=1S/C17H19N5O2.C2HF3O2/c1-12(2)11-22(16-8-9-19-15(10-18)20-16)21-17(23)13-4-6-14(24-3)7-5-13;3-2(4,5)1(6)7/h4-9,12H,11H2,1-3H3,(H,21,23);(H,6,7). The summed E-state index contributed by atoms with van der Waals surface area (Å²) in [6, 6.07) is 10.4. The Labute approximate surface area is 176 Å². The first-order valence-corrected chi connectivity index (χ1v) is 8.73. The van der Waals surface area contributed by atoms with E-state index in [9.17, 15) is 18.0 Å². The predicted octanol–water partition coefficient (Wildman–Crippen LogP) is 2.80. The Morgan fingerprint density at radius 2 is 1.84 bits per heavy atom. The summed E-state index contributed by atoms with van der Waals surface area (Å²) < 4.78 is 36.8. The molecule has 2 rings (SSSR count). The number of nitriles is 1. The van der Waals surface area contributed by atoms with Crippen LogP contribution >= 0.6 is 0 Å². The summed E-state index contributed by atoms with van der Waals surface area (Å²) in [7, 11) is 1.57. The second kappa shape index (κ2) is 11.3. The lowest BCUT2D eigenvalue weighted by atomic mass is 10.2. The number of hydrazine groups is 1. The van der Waals surface area contributed by atoms with Crippen molar-refractivity contribution in [2.75, 3.05) is 18.7 Å². The van der Waals surface area contributed by atoms with Crippen molar-refractivity contribution in [3.63, 3.8) is 0 Å². The molecule has 0 bridgehead atoms. The van der Waals surface area contributed by atoms with Gasteiger partial charge in [-0.2, -0.15) is 23.4 Å². The fourth-order valence-electron chi connectivity index (χ4n) is 2.04. The highest BCUT2D eigenvalue weighted by Gasteiger charge is 2.38. The van der Waals surface area contributed by atoms with Crippen molar-refractivity contribution in [2.45, 2.75) is 20.0 Å². The molecule has 0 saturated heterocycles. The topological polar surface area (TPSA) is 128 Å². The van der Waals surface area contributed by atoms with Crippen molar-refractivity contribution < 1.29 is 32.6 Å². The Hall–Kier alpha value is -3.88. The maximum atomic E-state index is 12.5. The smallest absolute Gasteiger partial charge is 0.490 e. The number of carboxylic acid groups (broad SMARTS) is 1. The number of benzene rings is 1. The van der Waals surface area contributed by atoms with Crippen LogP contribution in [-0.4, -0.2) is 46.8 Å². The largest absolute Gasteiger partial charge is 0.497 e. The second-order valence-corrected chi connectivity index (χ2v) is 6.33. The number of aliphatic carboxylic acids is 1. The third kappa shape index (κ3) is 8.57. The SMILES string of the molecule is COc1ccc(C(=O)NN(CC(C)C)c2ccnc(C#N)n2)cc1.O=C(O)C(F)(F)F. The molecule has 0 aliphatic heterocycles. The van der Waals surface area contributed by atoms with Crippen LogP contribution in [0.4, 0.5) is 19.0 Å². The van der Waals surface area contributed by atoms with Crippen LogP contribution in [0.15, 0.2) is 36.5 Å². The summed E-state index contributed by atoms with van der Waals surface area (Å²) in [4.78, 5) is 29.3. The number of methoxy groups -OCH3 is 1. The summed E-state index contributed by atoms with van der Waals surface area (Å²) >= 11 is 0. The Kier molecular flexibility index (Phi) is 9.20. The van der Waals surface area contributed by atoms with Crippen LogP contribution in [0, 0.1) is 17.2 Å². The number of nitrogens with zero attached hydrogens (tertiary/aromatic N) is 4. The van der Waals surface area contributed by atoms with E-state index in [1.54, 1.807) is 42.5 Å². The molecule has 0 fully saturated rings. The first kappa shape index (κ1) is 25.2. The van der Waals surface area contributed by atoms with Crippen LogP contribution in [0.1, 0.15) is 30.0 Å². The van der Waals surface area contributed by atoms with Crippen molar-refractivity contribution in [1.29, 1.82) is 5.26 Å². The summed E-state index contributed by atoms with van der Waals surface area (Å²) in [6.45, 7) is 4.60. The minimum Gasteiger partial charge on any atom is -0.497 e. The second-order valence-electron chi connectivity index (χ2n) is 6.33. The molecule has 0 aliphatic carbocycles. The summed E-state index contributed by atoms with van der Waals surface area (Å²) in [5.74, 6) is -1.54. The number of carboxylic acids is 1. The number of hydrogen-bond acceptors (Lipinski definition) is 7. The Bertz CT molecular complexity index is 927. The van der Waals surface area contributed by atoms with Gasteiger partial charge >= 0.3 is 12.1 Å². The number of halogens is 3. The van der Waals surface area contributed by atoms with Crippen LogP contribution < -0.4 is 15.2 Å². The lowest BCUT2D eigenvalue weighted by Crippen LogP contribution is -2.45. The molecule has 0 aliphatic rings. The molecule has 0 unspecified atom stereocenters. The Morgan fingerprint density at radius 1 is 1.26 bits per heavy atom. The molecule has 9 nitrogen and oxygen atoms in total. The molecular weight excluding hydrogens is 419 g/mol. The monoisotopic (exact) mass is 439 g/mol. The summed E-state index contributed by atoms with van der Waals surface area (Å²) in [5, 5.41) is 17.7. The van der Waals surface area contributed by atoms with Crippen LogP contribution in [0.2, 0.25) is 0 Å². The quantitative estimate of drug-likeness (QED) is 0.658. The maximum Gasteiger partial charge on any atom is 0.490 e. The number of alkyl halides is 3. The molecule has 0 spiro atoms. The van der Waals surface area contributed by atoms with E-state index < -0.39 is 12.1 Å². The zero-order chi connectivity index (χ0) is 23.6. The van der Waals surface area contributed by atoms with Gasteiger partial charge in [-0.1, -0.05) is 13.8 Å². The van der Waals surface area contributed by atoms with Gasteiger partial charge in [-0.25, -0.2) is 9.78 Å². The van der Waals surface area contributed by atoms with E-state index in [1.807, 2.05) is 19.9 Å². The van der Waals surface area contributed by atoms with Gasteiger partial charge in [-0.15, -0.1) is 0 Å². The van der Waals surface area contributed by atoms with Crippen LogP contribution in [0.5, 0.6) is 5.75 Å². The molecule has 0 radical (unpaired) electrons. The molecule has 1 amide bonds. The number of nitrogens with one attached hydrogen (secondary N) is 1. The molecular formula is C19H20F3N5O4.